The Hall–Kier alpha value is -1.76. The Bertz CT molecular complexity index is 537. The summed E-state index contributed by atoms with van der Waals surface area (Å²) in [7, 11) is 0. The van der Waals surface area contributed by atoms with Gasteiger partial charge in [0.2, 0.25) is 0 Å². The monoisotopic (exact) mass is 302 g/mol. The third kappa shape index (κ3) is 3.66. The van der Waals surface area contributed by atoms with Crippen molar-refractivity contribution in [3.63, 3.8) is 0 Å². The Balaban J connectivity index is 2.06. The molecule has 2 amide bonds. The van der Waals surface area contributed by atoms with Crippen molar-refractivity contribution in [2.75, 3.05) is 18.4 Å². The molecule has 2 atom stereocenters. The van der Waals surface area contributed by atoms with Gasteiger partial charge in [-0.3, -0.25) is 0 Å². The standard InChI is InChI=1S/C14H17F3N2O2/c1-8(20)9-3-2-4-19(7-9)14(21)18-13-6-11(16)10(15)5-12(13)17/h5-6,8-9,20H,2-4,7H2,1H3,(H,18,21). The number of piperidine rings is 1. The summed E-state index contributed by atoms with van der Waals surface area (Å²) in [5.41, 5.74) is -0.405. The molecule has 7 heteroatoms. The van der Waals surface area contributed by atoms with E-state index in [0.717, 1.165) is 12.8 Å². The van der Waals surface area contributed by atoms with Gasteiger partial charge >= 0.3 is 6.03 Å². The van der Waals surface area contributed by atoms with Crippen molar-refractivity contribution in [2.24, 2.45) is 5.92 Å². The Kier molecular flexibility index (Phi) is 4.72. The first-order chi connectivity index (χ1) is 9.88. The zero-order valence-corrected chi connectivity index (χ0v) is 11.6. The van der Waals surface area contributed by atoms with Gasteiger partial charge in [0.15, 0.2) is 11.6 Å². The van der Waals surface area contributed by atoms with Gasteiger partial charge in [-0.2, -0.15) is 0 Å². The zero-order valence-electron chi connectivity index (χ0n) is 11.6. The number of halogens is 3. The average Bonchev–Trinajstić information content (AvgIpc) is 2.44. The lowest BCUT2D eigenvalue weighted by molar-refractivity contribution is 0.0766. The second kappa shape index (κ2) is 6.34. The Morgan fingerprint density at radius 2 is 2.00 bits per heavy atom. The molecule has 0 saturated carbocycles. The van der Waals surface area contributed by atoms with Gasteiger partial charge in [-0.15, -0.1) is 0 Å². The van der Waals surface area contributed by atoms with Crippen LogP contribution < -0.4 is 5.32 Å². The molecule has 116 valence electrons. The maximum absolute atomic E-state index is 13.5. The third-order valence-electron chi connectivity index (χ3n) is 3.68. The number of nitrogens with one attached hydrogen (secondary N) is 1. The molecular formula is C14H17F3N2O2. The number of anilines is 1. The van der Waals surface area contributed by atoms with Gasteiger partial charge in [-0.05, 0) is 19.8 Å². The predicted molar refractivity (Wildman–Crippen MR) is 71.3 cm³/mol. The van der Waals surface area contributed by atoms with Gasteiger partial charge in [-0.1, -0.05) is 0 Å². The minimum Gasteiger partial charge on any atom is -0.393 e. The second-order valence-corrected chi connectivity index (χ2v) is 5.27. The van der Waals surface area contributed by atoms with E-state index in [0.29, 0.717) is 25.2 Å². The predicted octanol–water partition coefficient (Wildman–Crippen LogP) is 2.73. The summed E-state index contributed by atoms with van der Waals surface area (Å²) in [6, 6.07) is 0.406. The number of hydrogen-bond donors (Lipinski definition) is 2. The van der Waals surface area contributed by atoms with Crippen molar-refractivity contribution in [3.05, 3.63) is 29.6 Å². The molecule has 2 rings (SSSR count). The van der Waals surface area contributed by atoms with Crippen molar-refractivity contribution < 1.29 is 23.1 Å². The van der Waals surface area contributed by atoms with Crippen molar-refractivity contribution >= 4 is 11.7 Å². The van der Waals surface area contributed by atoms with Gasteiger partial charge in [0.05, 0.1) is 11.8 Å². The van der Waals surface area contributed by atoms with Crippen LogP contribution in [0.4, 0.5) is 23.7 Å². The lowest BCUT2D eigenvalue weighted by atomic mass is 9.94. The minimum atomic E-state index is -1.31. The molecule has 0 bridgehead atoms. The number of nitrogens with zero attached hydrogens (tertiary/aromatic N) is 1. The molecule has 0 aliphatic carbocycles. The van der Waals surface area contributed by atoms with Crippen LogP contribution >= 0.6 is 0 Å². The number of aliphatic hydroxyl groups is 1. The molecule has 0 radical (unpaired) electrons. The number of carbonyl (C=O) groups excluding carboxylic acids is 1. The highest BCUT2D eigenvalue weighted by Crippen LogP contribution is 2.22. The summed E-state index contributed by atoms with van der Waals surface area (Å²) in [4.78, 5) is 13.5. The van der Waals surface area contributed by atoms with Crippen LogP contribution in [0.1, 0.15) is 19.8 Å². The van der Waals surface area contributed by atoms with Crippen LogP contribution in [0.5, 0.6) is 0 Å². The summed E-state index contributed by atoms with van der Waals surface area (Å²) >= 11 is 0. The summed E-state index contributed by atoms with van der Waals surface area (Å²) in [5.74, 6) is -3.62. The van der Waals surface area contributed by atoms with E-state index in [1.165, 1.54) is 4.90 Å². The number of urea groups is 1. The summed E-state index contributed by atoms with van der Waals surface area (Å²) in [6.07, 6.45) is 0.991. The van der Waals surface area contributed by atoms with E-state index in [-0.39, 0.29) is 5.92 Å². The number of hydrogen-bond acceptors (Lipinski definition) is 2. The smallest absolute Gasteiger partial charge is 0.321 e. The Labute approximate surface area is 120 Å². The fourth-order valence-corrected chi connectivity index (χ4v) is 2.40. The van der Waals surface area contributed by atoms with E-state index < -0.39 is 35.3 Å². The van der Waals surface area contributed by atoms with Crippen LogP contribution in [-0.4, -0.2) is 35.2 Å². The molecule has 4 nitrogen and oxygen atoms in total. The minimum absolute atomic E-state index is 0.0423. The van der Waals surface area contributed by atoms with Crippen LogP contribution in [0.2, 0.25) is 0 Å². The van der Waals surface area contributed by atoms with E-state index in [1.54, 1.807) is 6.92 Å². The van der Waals surface area contributed by atoms with Crippen LogP contribution in [-0.2, 0) is 0 Å². The van der Waals surface area contributed by atoms with E-state index in [2.05, 4.69) is 5.32 Å². The molecule has 0 spiro atoms. The molecule has 1 fully saturated rings. The number of likely N-dealkylation sites (tertiary alicyclic amines) is 1. The molecule has 2 N–H and O–H groups in total. The molecular weight excluding hydrogens is 285 g/mol. The molecule has 1 aromatic carbocycles. The van der Waals surface area contributed by atoms with Crippen molar-refractivity contribution in [1.82, 2.24) is 4.90 Å². The molecule has 1 saturated heterocycles. The molecule has 1 aromatic rings. The van der Waals surface area contributed by atoms with Gasteiger partial charge in [-0.25, -0.2) is 18.0 Å². The van der Waals surface area contributed by atoms with Crippen LogP contribution in [0.25, 0.3) is 0 Å². The number of carbonyl (C=O) groups is 1. The fourth-order valence-electron chi connectivity index (χ4n) is 2.40. The van der Waals surface area contributed by atoms with Gasteiger partial charge in [0, 0.05) is 31.1 Å². The van der Waals surface area contributed by atoms with Crippen LogP contribution in [0.3, 0.4) is 0 Å². The Morgan fingerprint density at radius 3 is 2.67 bits per heavy atom. The maximum Gasteiger partial charge on any atom is 0.321 e. The fraction of sp³-hybridized carbons (Fsp3) is 0.500. The lowest BCUT2D eigenvalue weighted by Gasteiger charge is -2.34. The van der Waals surface area contributed by atoms with Gasteiger partial charge < -0.3 is 15.3 Å². The highest BCUT2D eigenvalue weighted by atomic mass is 19.2. The largest absolute Gasteiger partial charge is 0.393 e. The zero-order chi connectivity index (χ0) is 15.6. The number of amides is 2. The SMILES string of the molecule is CC(O)C1CCCN(C(=O)Nc2cc(F)c(F)cc2F)C1. The first-order valence-corrected chi connectivity index (χ1v) is 6.77. The highest BCUT2D eigenvalue weighted by molar-refractivity contribution is 5.89. The topological polar surface area (TPSA) is 52.6 Å². The van der Waals surface area contributed by atoms with Crippen LogP contribution in [0, 0.1) is 23.4 Å². The molecule has 2 unspecified atom stereocenters. The summed E-state index contributed by atoms with van der Waals surface area (Å²) < 4.78 is 39.4. The highest BCUT2D eigenvalue weighted by Gasteiger charge is 2.27. The van der Waals surface area contributed by atoms with Gasteiger partial charge in [0.1, 0.15) is 5.82 Å². The van der Waals surface area contributed by atoms with E-state index >= 15 is 0 Å². The van der Waals surface area contributed by atoms with Crippen molar-refractivity contribution in [2.45, 2.75) is 25.9 Å². The quantitative estimate of drug-likeness (QED) is 0.825. The van der Waals surface area contributed by atoms with Crippen molar-refractivity contribution in [1.29, 1.82) is 0 Å². The molecule has 1 aliphatic rings. The number of rotatable bonds is 2. The second-order valence-electron chi connectivity index (χ2n) is 5.27. The lowest BCUT2D eigenvalue weighted by Crippen LogP contribution is -2.44. The molecule has 0 aromatic heterocycles. The normalized spacial score (nSPS) is 20.2. The van der Waals surface area contributed by atoms with E-state index in [1.807, 2.05) is 0 Å². The third-order valence-corrected chi connectivity index (χ3v) is 3.68. The van der Waals surface area contributed by atoms with Gasteiger partial charge in [0.25, 0.3) is 0 Å². The van der Waals surface area contributed by atoms with E-state index in [4.69, 9.17) is 0 Å². The van der Waals surface area contributed by atoms with E-state index in [9.17, 15) is 23.1 Å². The molecule has 21 heavy (non-hydrogen) atoms. The van der Waals surface area contributed by atoms with Crippen LogP contribution in [0.15, 0.2) is 12.1 Å². The number of benzene rings is 1. The maximum atomic E-state index is 13.5. The summed E-state index contributed by atoms with van der Waals surface area (Å²) in [6.45, 7) is 2.47. The Morgan fingerprint density at radius 1 is 1.33 bits per heavy atom. The average molecular weight is 302 g/mol. The number of aliphatic hydroxyl groups excluding tert-OH is 1. The van der Waals surface area contributed by atoms with Crippen molar-refractivity contribution in [3.8, 4) is 0 Å². The first-order valence-electron chi connectivity index (χ1n) is 6.77. The molecule has 1 heterocycles. The first kappa shape index (κ1) is 15.6. The molecule has 1 aliphatic heterocycles. The summed E-state index contributed by atoms with van der Waals surface area (Å²) in [5, 5.41) is 11.8.